The van der Waals surface area contributed by atoms with Crippen molar-refractivity contribution in [2.75, 3.05) is 0 Å². The minimum absolute atomic E-state index is 0.0118. The average molecular weight is 270 g/mol. The highest BCUT2D eigenvalue weighted by molar-refractivity contribution is 7.90. The van der Waals surface area contributed by atoms with Gasteiger partial charge < -0.3 is 0 Å². The number of aryl methyl sites for hydroxylation is 1. The van der Waals surface area contributed by atoms with E-state index in [9.17, 15) is 13.2 Å². The van der Waals surface area contributed by atoms with E-state index in [-0.39, 0.29) is 4.90 Å². The molecular formula is C11H14N2O4S. The summed E-state index contributed by atoms with van der Waals surface area (Å²) in [5.41, 5.74) is 1.42. The molecule has 18 heavy (non-hydrogen) atoms. The highest BCUT2D eigenvalue weighted by Gasteiger charge is 2.18. The van der Waals surface area contributed by atoms with Crippen LogP contribution in [-0.2, 0) is 14.9 Å². The van der Waals surface area contributed by atoms with Crippen LogP contribution in [0.5, 0.6) is 0 Å². The van der Waals surface area contributed by atoms with Crippen LogP contribution in [0.2, 0.25) is 0 Å². The van der Waals surface area contributed by atoms with Crippen LogP contribution in [0.3, 0.4) is 0 Å². The minimum atomic E-state index is -3.92. The summed E-state index contributed by atoms with van der Waals surface area (Å²) in [5, 5.41) is 3.36. The maximum Gasteiger partial charge on any atom is 0.447 e. The van der Waals surface area contributed by atoms with Crippen LogP contribution in [0.1, 0.15) is 19.4 Å². The van der Waals surface area contributed by atoms with E-state index < -0.39 is 16.1 Å². The van der Waals surface area contributed by atoms with Gasteiger partial charge in [0, 0.05) is 0 Å². The third-order valence-corrected chi connectivity index (χ3v) is 3.19. The van der Waals surface area contributed by atoms with Crippen LogP contribution >= 0.6 is 0 Å². The first-order chi connectivity index (χ1) is 8.31. The number of hydrogen-bond acceptors (Lipinski definition) is 5. The van der Waals surface area contributed by atoms with Crippen LogP contribution in [-0.4, -0.2) is 20.2 Å². The number of oxime groups is 1. The van der Waals surface area contributed by atoms with Crippen LogP contribution in [0, 0.1) is 6.92 Å². The summed E-state index contributed by atoms with van der Waals surface area (Å²) < 4.78 is 25.2. The van der Waals surface area contributed by atoms with Gasteiger partial charge >= 0.3 is 6.09 Å². The molecule has 0 heterocycles. The summed E-state index contributed by atoms with van der Waals surface area (Å²) in [6.07, 6.45) is -1.14. The van der Waals surface area contributed by atoms with E-state index in [1.165, 1.54) is 12.1 Å². The number of nitrogens with one attached hydrogen (secondary N) is 1. The Morgan fingerprint density at radius 3 is 2.28 bits per heavy atom. The molecule has 0 radical (unpaired) electrons. The first-order valence-corrected chi connectivity index (χ1v) is 6.61. The lowest BCUT2D eigenvalue weighted by Gasteiger charge is -2.05. The van der Waals surface area contributed by atoms with Crippen molar-refractivity contribution >= 4 is 21.8 Å². The predicted molar refractivity (Wildman–Crippen MR) is 66.8 cm³/mol. The van der Waals surface area contributed by atoms with E-state index in [4.69, 9.17) is 0 Å². The molecule has 1 amide bonds. The number of hydrogen-bond donors (Lipinski definition) is 1. The van der Waals surface area contributed by atoms with Crippen molar-refractivity contribution in [2.45, 2.75) is 25.7 Å². The van der Waals surface area contributed by atoms with Gasteiger partial charge in [-0.25, -0.2) is 17.9 Å². The van der Waals surface area contributed by atoms with Crippen LogP contribution in [0.4, 0.5) is 4.79 Å². The summed E-state index contributed by atoms with van der Waals surface area (Å²) in [6.45, 7) is 5.06. The number of benzene rings is 1. The maximum atomic E-state index is 11.7. The smallest absolute Gasteiger partial charge is 0.297 e. The van der Waals surface area contributed by atoms with E-state index in [1.807, 2.05) is 6.92 Å². The SMILES string of the molecule is CC(C)=NOC(=O)NS(=O)(=O)c1ccc(C)cc1. The van der Waals surface area contributed by atoms with Crippen LogP contribution in [0.15, 0.2) is 34.3 Å². The highest BCUT2D eigenvalue weighted by Crippen LogP contribution is 2.09. The molecule has 0 aromatic heterocycles. The fourth-order valence-corrected chi connectivity index (χ4v) is 1.91. The molecule has 98 valence electrons. The third-order valence-electron chi connectivity index (χ3n) is 1.86. The molecule has 0 aliphatic heterocycles. The topological polar surface area (TPSA) is 84.8 Å². The zero-order chi connectivity index (χ0) is 13.8. The Morgan fingerprint density at radius 1 is 1.22 bits per heavy atom. The molecule has 1 rings (SSSR count). The number of amides is 1. The van der Waals surface area contributed by atoms with Crippen LogP contribution in [0.25, 0.3) is 0 Å². The Balaban J connectivity index is 2.79. The summed E-state index contributed by atoms with van der Waals surface area (Å²) in [5.74, 6) is 0. The van der Waals surface area contributed by atoms with Gasteiger partial charge in [-0.05, 0) is 32.9 Å². The highest BCUT2D eigenvalue weighted by atomic mass is 32.2. The van der Waals surface area contributed by atoms with Crippen molar-refractivity contribution in [3.63, 3.8) is 0 Å². The monoisotopic (exact) mass is 270 g/mol. The largest absolute Gasteiger partial charge is 0.447 e. The molecule has 7 heteroatoms. The Bertz CT molecular complexity index is 557. The first-order valence-electron chi connectivity index (χ1n) is 5.13. The van der Waals surface area contributed by atoms with E-state index in [2.05, 4.69) is 9.99 Å². The second-order valence-corrected chi connectivity index (χ2v) is 5.52. The quantitative estimate of drug-likeness (QED) is 0.515. The zero-order valence-corrected chi connectivity index (χ0v) is 11.1. The molecule has 0 fully saturated rings. The molecule has 1 aromatic carbocycles. The van der Waals surface area contributed by atoms with Gasteiger partial charge in [-0.1, -0.05) is 22.9 Å². The van der Waals surface area contributed by atoms with Crippen molar-refractivity contribution < 1.29 is 18.0 Å². The van der Waals surface area contributed by atoms with Gasteiger partial charge in [0.05, 0.1) is 10.6 Å². The first kappa shape index (κ1) is 14.2. The van der Waals surface area contributed by atoms with Gasteiger partial charge in [0.2, 0.25) is 0 Å². The summed E-state index contributed by atoms with van der Waals surface area (Å²) >= 11 is 0. The van der Waals surface area contributed by atoms with Crippen molar-refractivity contribution in [3.8, 4) is 0 Å². The van der Waals surface area contributed by atoms with Gasteiger partial charge in [-0.2, -0.15) is 0 Å². The lowest BCUT2D eigenvalue weighted by Crippen LogP contribution is -2.30. The summed E-state index contributed by atoms with van der Waals surface area (Å²) in [6, 6.07) is 6.07. The molecule has 0 aliphatic rings. The standard InChI is InChI=1S/C11H14N2O4S/c1-8(2)12-17-11(14)13-18(15,16)10-6-4-9(3)5-7-10/h4-7H,1-3H3,(H,13,14). The number of carbonyl (C=O) groups is 1. The van der Waals surface area contributed by atoms with Gasteiger partial charge in [0.1, 0.15) is 0 Å². The number of sulfonamides is 1. The summed E-state index contributed by atoms with van der Waals surface area (Å²) in [7, 11) is -3.92. The molecule has 0 unspecified atom stereocenters. The van der Waals surface area contributed by atoms with Gasteiger partial charge in [-0.3, -0.25) is 4.84 Å². The number of rotatable bonds is 3. The van der Waals surface area contributed by atoms with Gasteiger partial charge in [0.25, 0.3) is 10.0 Å². The molecule has 0 saturated carbocycles. The van der Waals surface area contributed by atoms with E-state index in [0.29, 0.717) is 5.71 Å². The third kappa shape index (κ3) is 4.17. The Morgan fingerprint density at radius 2 is 1.78 bits per heavy atom. The molecule has 0 saturated heterocycles. The Labute approximate surface area is 106 Å². The fourth-order valence-electron chi connectivity index (χ4n) is 1.04. The average Bonchev–Trinajstić information content (AvgIpc) is 2.26. The second-order valence-electron chi connectivity index (χ2n) is 3.84. The number of nitrogens with zero attached hydrogens (tertiary/aromatic N) is 1. The lowest BCUT2D eigenvalue weighted by molar-refractivity contribution is 0.157. The van der Waals surface area contributed by atoms with Crippen molar-refractivity contribution in [1.82, 2.24) is 4.72 Å². The van der Waals surface area contributed by atoms with Crippen molar-refractivity contribution in [3.05, 3.63) is 29.8 Å². The van der Waals surface area contributed by atoms with Gasteiger partial charge in [-0.15, -0.1) is 0 Å². The minimum Gasteiger partial charge on any atom is -0.297 e. The molecular weight excluding hydrogens is 256 g/mol. The Kier molecular flexibility index (Phi) is 4.43. The molecule has 0 aliphatic carbocycles. The number of carbonyl (C=O) groups excluding carboxylic acids is 1. The molecule has 0 bridgehead atoms. The predicted octanol–water partition coefficient (Wildman–Crippen LogP) is 1.81. The van der Waals surface area contributed by atoms with Crippen molar-refractivity contribution in [1.29, 1.82) is 0 Å². The van der Waals surface area contributed by atoms with E-state index in [1.54, 1.807) is 30.7 Å². The van der Waals surface area contributed by atoms with Gasteiger partial charge in [0.15, 0.2) is 0 Å². The molecule has 1 aromatic rings. The zero-order valence-electron chi connectivity index (χ0n) is 10.3. The molecule has 1 N–H and O–H groups in total. The molecule has 0 spiro atoms. The maximum absolute atomic E-state index is 11.7. The molecule has 6 nitrogen and oxygen atoms in total. The second kappa shape index (κ2) is 5.63. The Hall–Kier alpha value is -1.89. The lowest BCUT2D eigenvalue weighted by atomic mass is 10.2. The summed E-state index contributed by atoms with van der Waals surface area (Å²) in [4.78, 5) is 15.5. The van der Waals surface area contributed by atoms with E-state index >= 15 is 0 Å². The van der Waals surface area contributed by atoms with Crippen LogP contribution < -0.4 is 4.72 Å². The molecule has 0 atom stereocenters. The fraction of sp³-hybridized carbons (Fsp3) is 0.273. The van der Waals surface area contributed by atoms with Crippen molar-refractivity contribution in [2.24, 2.45) is 5.16 Å². The normalized spacial score (nSPS) is 10.6. The van der Waals surface area contributed by atoms with E-state index in [0.717, 1.165) is 5.56 Å².